The number of fused-ring (bicyclic) bond motifs is 1. The van der Waals surface area contributed by atoms with E-state index in [9.17, 15) is 4.79 Å². The average Bonchev–Trinajstić information content (AvgIpc) is 3.09. The van der Waals surface area contributed by atoms with Crippen LogP contribution in [0.5, 0.6) is 0 Å². The van der Waals surface area contributed by atoms with Gasteiger partial charge in [0.1, 0.15) is 10.7 Å². The maximum absolute atomic E-state index is 12.4. The zero-order chi connectivity index (χ0) is 20.5. The van der Waals surface area contributed by atoms with Crippen LogP contribution in [-0.2, 0) is 7.05 Å². The van der Waals surface area contributed by atoms with Gasteiger partial charge in [-0.15, -0.1) is 0 Å². The van der Waals surface area contributed by atoms with Crippen LogP contribution in [0.15, 0.2) is 34.3 Å². The van der Waals surface area contributed by atoms with Gasteiger partial charge in [0.2, 0.25) is 5.95 Å². The fourth-order valence-electron chi connectivity index (χ4n) is 3.50. The van der Waals surface area contributed by atoms with Crippen molar-refractivity contribution in [1.29, 1.82) is 0 Å². The zero-order valence-electron chi connectivity index (χ0n) is 16.7. The Morgan fingerprint density at radius 1 is 1.28 bits per heavy atom. The highest BCUT2D eigenvalue weighted by atomic mass is 35.5. The van der Waals surface area contributed by atoms with Crippen molar-refractivity contribution in [3.8, 4) is 0 Å². The molecule has 3 aromatic rings. The van der Waals surface area contributed by atoms with Gasteiger partial charge in [-0.05, 0) is 44.7 Å². The highest BCUT2D eigenvalue weighted by Gasteiger charge is 2.21. The number of nitrogens with one attached hydrogen (secondary N) is 1. The molecule has 0 spiro atoms. The molecule has 0 radical (unpaired) electrons. The minimum Gasteiger partial charge on any atom is -0.351 e. The molecule has 4 rings (SSSR count). The van der Waals surface area contributed by atoms with E-state index in [-0.39, 0.29) is 16.6 Å². The predicted octanol–water partition coefficient (Wildman–Crippen LogP) is 3.34. The van der Waals surface area contributed by atoms with E-state index in [1.54, 1.807) is 28.8 Å². The van der Waals surface area contributed by atoms with Crippen LogP contribution in [0.1, 0.15) is 32.7 Å². The van der Waals surface area contributed by atoms with Crippen LogP contribution in [0.25, 0.3) is 11.0 Å². The Morgan fingerprint density at radius 3 is 2.69 bits per heavy atom. The van der Waals surface area contributed by atoms with Crippen molar-refractivity contribution in [2.45, 2.75) is 43.7 Å². The fraction of sp³-hybridized carbons (Fsp3) is 0.474. The normalized spacial score (nSPS) is 16.0. The molecule has 1 aliphatic heterocycles. The molecule has 0 atom stereocenters. The summed E-state index contributed by atoms with van der Waals surface area (Å²) in [5, 5.41) is 8.60. The SMILES string of the molecule is CC(C)n1c(=O)c(Cl)cc2cnc(NC3CCN(Sc4cnn(C)c4)CC3)nc21. The van der Waals surface area contributed by atoms with Gasteiger partial charge in [-0.1, -0.05) is 11.6 Å². The summed E-state index contributed by atoms with van der Waals surface area (Å²) >= 11 is 7.83. The summed E-state index contributed by atoms with van der Waals surface area (Å²) in [6, 6.07) is 1.89. The number of aryl methyl sites for hydroxylation is 1. The van der Waals surface area contributed by atoms with Gasteiger partial charge in [-0.2, -0.15) is 10.1 Å². The van der Waals surface area contributed by atoms with Gasteiger partial charge in [0.15, 0.2) is 0 Å². The molecule has 0 aromatic carbocycles. The zero-order valence-corrected chi connectivity index (χ0v) is 18.2. The summed E-state index contributed by atoms with van der Waals surface area (Å²) < 4.78 is 5.80. The number of halogens is 1. The lowest BCUT2D eigenvalue weighted by molar-refractivity contribution is 0.357. The lowest BCUT2D eigenvalue weighted by atomic mass is 10.1. The molecule has 4 heterocycles. The standard InChI is InChI=1S/C19H24ClN7OS/c1-12(2)27-17-13(8-16(20)18(27)28)9-21-19(24-17)23-14-4-6-26(7-5-14)29-15-10-22-25(3)11-15/h8-12,14H,4-7H2,1-3H3,(H,21,23,24). The van der Waals surface area contributed by atoms with Crippen LogP contribution in [0.3, 0.4) is 0 Å². The Morgan fingerprint density at radius 2 is 2.03 bits per heavy atom. The van der Waals surface area contributed by atoms with Crippen LogP contribution in [-0.4, -0.2) is 47.8 Å². The summed E-state index contributed by atoms with van der Waals surface area (Å²) in [6.07, 6.45) is 7.62. The lowest BCUT2D eigenvalue weighted by Crippen LogP contribution is -2.36. The summed E-state index contributed by atoms with van der Waals surface area (Å²) in [4.78, 5) is 22.7. The first-order valence-electron chi connectivity index (χ1n) is 9.66. The molecule has 1 saturated heterocycles. The van der Waals surface area contributed by atoms with E-state index in [1.807, 2.05) is 38.0 Å². The molecular formula is C19H24ClN7OS. The first kappa shape index (κ1) is 20.2. The number of pyridine rings is 1. The molecule has 10 heteroatoms. The van der Waals surface area contributed by atoms with Crippen LogP contribution in [0.4, 0.5) is 5.95 Å². The minimum absolute atomic E-state index is 0.0424. The van der Waals surface area contributed by atoms with Gasteiger partial charge in [0, 0.05) is 50.0 Å². The van der Waals surface area contributed by atoms with Crippen molar-refractivity contribution in [2.75, 3.05) is 18.4 Å². The Labute approximate surface area is 178 Å². The van der Waals surface area contributed by atoms with E-state index in [2.05, 4.69) is 24.7 Å². The third-order valence-corrected chi connectivity index (χ3v) is 6.26. The molecule has 0 unspecified atom stereocenters. The summed E-state index contributed by atoms with van der Waals surface area (Å²) in [5.74, 6) is 0.548. The first-order chi connectivity index (χ1) is 13.9. The number of nitrogens with zero attached hydrogens (tertiary/aromatic N) is 6. The molecule has 29 heavy (non-hydrogen) atoms. The van der Waals surface area contributed by atoms with E-state index in [0.29, 0.717) is 17.6 Å². The Hall–Kier alpha value is -2.10. The maximum atomic E-state index is 12.4. The molecule has 0 amide bonds. The van der Waals surface area contributed by atoms with Gasteiger partial charge in [0.25, 0.3) is 5.56 Å². The Balaban J connectivity index is 1.45. The second-order valence-electron chi connectivity index (χ2n) is 7.52. The Kier molecular flexibility index (Phi) is 5.80. The van der Waals surface area contributed by atoms with E-state index < -0.39 is 0 Å². The predicted molar refractivity (Wildman–Crippen MR) is 116 cm³/mol. The van der Waals surface area contributed by atoms with Crippen molar-refractivity contribution in [3.05, 3.63) is 40.0 Å². The average molecular weight is 434 g/mol. The van der Waals surface area contributed by atoms with E-state index in [0.717, 1.165) is 36.2 Å². The molecule has 0 aliphatic carbocycles. The second kappa shape index (κ2) is 8.33. The van der Waals surface area contributed by atoms with E-state index in [1.165, 1.54) is 0 Å². The van der Waals surface area contributed by atoms with Crippen LogP contribution < -0.4 is 10.9 Å². The topological polar surface area (TPSA) is 80.9 Å². The van der Waals surface area contributed by atoms with Crippen molar-refractivity contribution in [2.24, 2.45) is 7.05 Å². The van der Waals surface area contributed by atoms with Gasteiger partial charge >= 0.3 is 0 Å². The first-order valence-corrected chi connectivity index (χ1v) is 10.8. The molecule has 3 aromatic heterocycles. The second-order valence-corrected chi connectivity index (χ2v) is 9.10. The molecule has 1 fully saturated rings. The van der Waals surface area contributed by atoms with Gasteiger partial charge < -0.3 is 5.32 Å². The fourth-order valence-corrected chi connectivity index (χ4v) is 4.70. The van der Waals surface area contributed by atoms with Crippen LogP contribution >= 0.6 is 23.5 Å². The molecule has 154 valence electrons. The summed E-state index contributed by atoms with van der Waals surface area (Å²) in [7, 11) is 1.93. The highest BCUT2D eigenvalue weighted by molar-refractivity contribution is 7.97. The number of anilines is 1. The molecule has 1 aliphatic rings. The third kappa shape index (κ3) is 4.41. The Bertz CT molecular complexity index is 1070. The van der Waals surface area contributed by atoms with E-state index >= 15 is 0 Å². The number of aromatic nitrogens is 5. The van der Waals surface area contributed by atoms with Crippen molar-refractivity contribution >= 4 is 40.5 Å². The molecule has 0 saturated carbocycles. The smallest absolute Gasteiger partial charge is 0.271 e. The van der Waals surface area contributed by atoms with Crippen LogP contribution in [0, 0.1) is 0 Å². The van der Waals surface area contributed by atoms with Gasteiger partial charge in [0.05, 0.1) is 11.1 Å². The van der Waals surface area contributed by atoms with Gasteiger partial charge in [-0.25, -0.2) is 9.29 Å². The molecule has 0 bridgehead atoms. The quantitative estimate of drug-likeness (QED) is 0.618. The van der Waals surface area contributed by atoms with Crippen molar-refractivity contribution in [3.63, 3.8) is 0 Å². The number of piperidine rings is 1. The minimum atomic E-state index is -0.223. The largest absolute Gasteiger partial charge is 0.351 e. The molecular weight excluding hydrogens is 410 g/mol. The van der Waals surface area contributed by atoms with Crippen molar-refractivity contribution < 1.29 is 0 Å². The molecule has 8 nitrogen and oxygen atoms in total. The lowest BCUT2D eigenvalue weighted by Gasteiger charge is -2.31. The highest BCUT2D eigenvalue weighted by Crippen LogP contribution is 2.27. The number of hydrogen-bond donors (Lipinski definition) is 1. The number of rotatable bonds is 5. The number of hydrogen-bond acceptors (Lipinski definition) is 7. The summed E-state index contributed by atoms with van der Waals surface area (Å²) in [5.41, 5.74) is 0.385. The molecule has 1 N–H and O–H groups in total. The monoisotopic (exact) mass is 433 g/mol. The maximum Gasteiger partial charge on any atom is 0.271 e. The van der Waals surface area contributed by atoms with E-state index in [4.69, 9.17) is 11.6 Å². The van der Waals surface area contributed by atoms with Crippen molar-refractivity contribution in [1.82, 2.24) is 28.6 Å². The third-order valence-electron chi connectivity index (χ3n) is 4.95. The van der Waals surface area contributed by atoms with Crippen LogP contribution in [0.2, 0.25) is 5.02 Å². The summed E-state index contributed by atoms with van der Waals surface area (Å²) in [6.45, 7) is 5.83. The van der Waals surface area contributed by atoms with Gasteiger partial charge in [-0.3, -0.25) is 14.0 Å².